The van der Waals surface area contributed by atoms with E-state index in [0.29, 0.717) is 17.2 Å². The number of hydrogen-bond donors (Lipinski definition) is 1. The first kappa shape index (κ1) is 11.3. The molecule has 2 N–H and O–H groups in total. The van der Waals surface area contributed by atoms with Gasteiger partial charge in [-0.2, -0.15) is 0 Å². The van der Waals surface area contributed by atoms with Crippen LogP contribution in [0.4, 0.5) is 5.69 Å². The average Bonchev–Trinajstić information content (AvgIpc) is 2.34. The number of ether oxygens (including phenoxy) is 2. The van der Waals surface area contributed by atoms with Gasteiger partial charge >= 0.3 is 0 Å². The van der Waals surface area contributed by atoms with E-state index in [0.717, 1.165) is 11.4 Å². The van der Waals surface area contributed by atoms with Crippen molar-refractivity contribution in [1.29, 1.82) is 0 Å². The molecule has 17 heavy (non-hydrogen) atoms. The minimum absolute atomic E-state index is 0.586. The maximum absolute atomic E-state index is 5.73. The summed E-state index contributed by atoms with van der Waals surface area (Å²) in [6.07, 6.45) is 1.73. The summed E-state index contributed by atoms with van der Waals surface area (Å²) < 4.78 is 10.8. The van der Waals surface area contributed by atoms with Crippen molar-refractivity contribution in [2.75, 3.05) is 12.8 Å². The summed E-state index contributed by atoms with van der Waals surface area (Å²) in [4.78, 5) is 4.15. The Morgan fingerprint density at radius 1 is 1.18 bits per heavy atom. The van der Waals surface area contributed by atoms with Gasteiger partial charge in [-0.1, -0.05) is 0 Å². The summed E-state index contributed by atoms with van der Waals surface area (Å²) >= 11 is 0. The Hall–Kier alpha value is -2.23. The molecule has 0 atom stereocenters. The Labute approximate surface area is 100 Å². The lowest BCUT2D eigenvalue weighted by Gasteiger charge is -2.10. The van der Waals surface area contributed by atoms with Crippen LogP contribution in [0.1, 0.15) is 5.69 Å². The number of nitrogens with two attached hydrogens (primary N) is 1. The Balaban J connectivity index is 2.28. The zero-order chi connectivity index (χ0) is 12.3. The highest BCUT2D eigenvalue weighted by Crippen LogP contribution is 2.30. The van der Waals surface area contributed by atoms with Gasteiger partial charge in [-0.05, 0) is 31.2 Å². The number of rotatable bonds is 3. The molecule has 0 bridgehead atoms. The molecule has 0 saturated carbocycles. The SMILES string of the molecule is COc1cc(Oc2cccnc2C)ccc1N. The molecular formula is C13H14N2O2. The van der Waals surface area contributed by atoms with E-state index in [2.05, 4.69) is 4.98 Å². The molecule has 1 heterocycles. The van der Waals surface area contributed by atoms with E-state index < -0.39 is 0 Å². The van der Waals surface area contributed by atoms with Crippen LogP contribution in [0.15, 0.2) is 36.5 Å². The molecule has 0 amide bonds. The van der Waals surface area contributed by atoms with Gasteiger partial charge in [-0.25, -0.2) is 0 Å². The first-order chi connectivity index (χ1) is 8.20. The van der Waals surface area contributed by atoms with Crippen LogP contribution in [0.25, 0.3) is 0 Å². The van der Waals surface area contributed by atoms with Crippen LogP contribution < -0.4 is 15.2 Å². The minimum Gasteiger partial charge on any atom is -0.494 e. The van der Waals surface area contributed by atoms with Gasteiger partial charge in [0.15, 0.2) is 0 Å². The largest absolute Gasteiger partial charge is 0.494 e. The predicted molar refractivity (Wildman–Crippen MR) is 66.5 cm³/mol. The smallest absolute Gasteiger partial charge is 0.148 e. The average molecular weight is 230 g/mol. The number of nitrogens with zero attached hydrogens (tertiary/aromatic N) is 1. The summed E-state index contributed by atoms with van der Waals surface area (Å²) in [5.74, 6) is 2.00. The molecule has 0 unspecified atom stereocenters. The van der Waals surface area contributed by atoms with Gasteiger partial charge in [0.1, 0.15) is 17.2 Å². The van der Waals surface area contributed by atoms with E-state index >= 15 is 0 Å². The normalized spacial score (nSPS) is 10.0. The lowest BCUT2D eigenvalue weighted by molar-refractivity contribution is 0.410. The fourth-order valence-corrected chi connectivity index (χ4v) is 1.46. The van der Waals surface area contributed by atoms with E-state index in [1.807, 2.05) is 19.1 Å². The number of aryl methyl sites for hydroxylation is 1. The monoisotopic (exact) mass is 230 g/mol. The Kier molecular flexibility index (Phi) is 3.14. The third-order valence-electron chi connectivity index (χ3n) is 2.39. The first-order valence-electron chi connectivity index (χ1n) is 5.23. The van der Waals surface area contributed by atoms with Crippen LogP contribution in [0.2, 0.25) is 0 Å². The van der Waals surface area contributed by atoms with Gasteiger partial charge in [-0.3, -0.25) is 4.98 Å². The van der Waals surface area contributed by atoms with E-state index in [-0.39, 0.29) is 0 Å². The van der Waals surface area contributed by atoms with Crippen molar-refractivity contribution in [2.24, 2.45) is 0 Å². The molecule has 0 aliphatic heterocycles. The highest BCUT2D eigenvalue weighted by atomic mass is 16.5. The molecule has 0 aliphatic rings. The summed E-state index contributed by atoms with van der Waals surface area (Å²) in [6, 6.07) is 8.99. The van der Waals surface area contributed by atoms with Crippen molar-refractivity contribution in [1.82, 2.24) is 4.98 Å². The summed E-state index contributed by atoms with van der Waals surface area (Å²) in [5, 5.41) is 0. The third kappa shape index (κ3) is 2.47. The molecule has 88 valence electrons. The zero-order valence-electron chi connectivity index (χ0n) is 9.81. The Morgan fingerprint density at radius 2 is 2.00 bits per heavy atom. The van der Waals surface area contributed by atoms with Gasteiger partial charge in [0.25, 0.3) is 0 Å². The molecule has 1 aromatic heterocycles. The lowest BCUT2D eigenvalue weighted by Crippen LogP contribution is -1.94. The molecule has 2 rings (SSSR count). The highest BCUT2D eigenvalue weighted by Gasteiger charge is 2.05. The maximum Gasteiger partial charge on any atom is 0.148 e. The molecule has 0 spiro atoms. The minimum atomic E-state index is 0.586. The number of methoxy groups -OCH3 is 1. The fourth-order valence-electron chi connectivity index (χ4n) is 1.46. The van der Waals surface area contributed by atoms with E-state index in [1.165, 1.54) is 0 Å². The number of anilines is 1. The number of aromatic nitrogens is 1. The second-order valence-corrected chi connectivity index (χ2v) is 3.59. The van der Waals surface area contributed by atoms with Crippen molar-refractivity contribution in [3.8, 4) is 17.2 Å². The summed E-state index contributed by atoms with van der Waals surface area (Å²) in [5.41, 5.74) is 7.15. The number of nitrogen functional groups attached to an aromatic ring is 1. The summed E-state index contributed by atoms with van der Waals surface area (Å²) in [7, 11) is 1.57. The topological polar surface area (TPSA) is 57.4 Å². The first-order valence-corrected chi connectivity index (χ1v) is 5.23. The standard InChI is InChI=1S/C13H14N2O2/c1-9-12(4-3-7-15-9)17-10-5-6-11(14)13(8-10)16-2/h3-8H,14H2,1-2H3. The molecule has 4 heteroatoms. The van der Waals surface area contributed by atoms with E-state index in [4.69, 9.17) is 15.2 Å². The quantitative estimate of drug-likeness (QED) is 0.824. The van der Waals surface area contributed by atoms with Gasteiger partial charge in [0.2, 0.25) is 0 Å². The van der Waals surface area contributed by atoms with Gasteiger partial charge < -0.3 is 15.2 Å². The Bertz CT molecular complexity index is 527. The van der Waals surface area contributed by atoms with Crippen LogP contribution in [0.5, 0.6) is 17.2 Å². The molecule has 0 saturated heterocycles. The maximum atomic E-state index is 5.73. The summed E-state index contributed by atoms with van der Waals surface area (Å²) in [6.45, 7) is 1.89. The van der Waals surface area contributed by atoms with Crippen LogP contribution in [0, 0.1) is 6.92 Å². The molecule has 2 aromatic rings. The van der Waals surface area contributed by atoms with Crippen molar-refractivity contribution in [2.45, 2.75) is 6.92 Å². The van der Waals surface area contributed by atoms with Crippen molar-refractivity contribution < 1.29 is 9.47 Å². The van der Waals surface area contributed by atoms with Gasteiger partial charge in [-0.15, -0.1) is 0 Å². The van der Waals surface area contributed by atoms with Crippen LogP contribution >= 0.6 is 0 Å². The van der Waals surface area contributed by atoms with Crippen molar-refractivity contribution >= 4 is 5.69 Å². The third-order valence-corrected chi connectivity index (χ3v) is 2.39. The lowest BCUT2D eigenvalue weighted by atomic mass is 10.3. The number of benzene rings is 1. The molecule has 0 radical (unpaired) electrons. The van der Waals surface area contributed by atoms with Crippen molar-refractivity contribution in [3.63, 3.8) is 0 Å². The van der Waals surface area contributed by atoms with Crippen LogP contribution in [-0.2, 0) is 0 Å². The molecule has 0 aliphatic carbocycles. The van der Waals surface area contributed by atoms with E-state index in [1.54, 1.807) is 31.5 Å². The molecule has 1 aromatic carbocycles. The molecular weight excluding hydrogens is 216 g/mol. The number of pyridine rings is 1. The second-order valence-electron chi connectivity index (χ2n) is 3.59. The fraction of sp³-hybridized carbons (Fsp3) is 0.154. The van der Waals surface area contributed by atoms with Crippen molar-refractivity contribution in [3.05, 3.63) is 42.2 Å². The second kappa shape index (κ2) is 4.74. The van der Waals surface area contributed by atoms with Gasteiger partial charge in [0, 0.05) is 12.3 Å². The zero-order valence-corrected chi connectivity index (χ0v) is 9.81. The molecule has 4 nitrogen and oxygen atoms in total. The van der Waals surface area contributed by atoms with Crippen LogP contribution in [-0.4, -0.2) is 12.1 Å². The highest BCUT2D eigenvalue weighted by molar-refractivity contribution is 5.56. The van der Waals surface area contributed by atoms with Crippen LogP contribution in [0.3, 0.4) is 0 Å². The van der Waals surface area contributed by atoms with Gasteiger partial charge in [0.05, 0.1) is 18.5 Å². The predicted octanol–water partition coefficient (Wildman–Crippen LogP) is 2.77. The number of hydrogen-bond acceptors (Lipinski definition) is 4. The van der Waals surface area contributed by atoms with E-state index in [9.17, 15) is 0 Å². The molecule has 0 fully saturated rings. The Morgan fingerprint density at radius 3 is 2.71 bits per heavy atom.